The molecule has 0 heterocycles. The summed E-state index contributed by atoms with van der Waals surface area (Å²) in [6.07, 6.45) is 0.316. The van der Waals surface area contributed by atoms with Crippen molar-refractivity contribution >= 4 is 35.3 Å². The Kier molecular flexibility index (Phi) is 14.7. The molecular formula is C27H35Cl2NO8. The summed E-state index contributed by atoms with van der Waals surface area (Å²) in [5, 5.41) is 10.3. The Hall–Kier alpha value is -2.72. The molecule has 9 nitrogen and oxygen atoms in total. The average molecular weight is 572 g/mol. The summed E-state index contributed by atoms with van der Waals surface area (Å²) in [5.41, 5.74) is 0.823. The predicted molar refractivity (Wildman–Crippen MR) is 145 cm³/mol. The molecule has 11 heteroatoms. The molecule has 0 aliphatic rings. The number of carbonyl (C=O) groups is 2. The number of carboxylic acid groups (broad SMARTS) is 1. The molecule has 1 atom stereocenters. The number of unbranched alkanes of at least 4 members (excludes halogenated alkanes) is 1. The number of methoxy groups -OCH3 is 1. The molecule has 0 saturated heterocycles. The van der Waals surface area contributed by atoms with Gasteiger partial charge in [-0.2, -0.15) is 0 Å². The molecule has 0 bridgehead atoms. The Labute approximate surface area is 233 Å². The fourth-order valence-electron chi connectivity index (χ4n) is 3.43. The minimum Gasteiger partial charge on any atom is -0.493 e. The Morgan fingerprint density at radius 1 is 0.895 bits per heavy atom. The summed E-state index contributed by atoms with van der Waals surface area (Å²) >= 11 is 12.0. The number of aliphatic carboxylic acids is 1. The van der Waals surface area contributed by atoms with Gasteiger partial charge in [-0.25, -0.2) is 9.59 Å². The van der Waals surface area contributed by atoms with E-state index in [2.05, 4.69) is 0 Å². The zero-order chi connectivity index (χ0) is 27.8. The van der Waals surface area contributed by atoms with Crippen LogP contribution in [-0.2, 0) is 25.4 Å². The highest BCUT2D eigenvalue weighted by Gasteiger charge is 2.18. The van der Waals surface area contributed by atoms with Crippen molar-refractivity contribution in [3.63, 3.8) is 0 Å². The van der Waals surface area contributed by atoms with Crippen LogP contribution in [0.5, 0.6) is 11.5 Å². The molecule has 2 rings (SSSR count). The second-order valence-corrected chi connectivity index (χ2v) is 9.11. The molecule has 1 unspecified atom stereocenters. The number of amides is 1. The lowest BCUT2D eigenvalue weighted by atomic mass is 10.1. The lowest BCUT2D eigenvalue weighted by Gasteiger charge is -2.22. The van der Waals surface area contributed by atoms with E-state index in [1.165, 1.54) is 7.11 Å². The standard InChI is InChI=1S/C27H35Cl2NO8/c1-3-35-25(26(31)32)16-20-6-8-23(9-7-20)37-13-11-30(27(33)38-15-14-34-2)10-4-5-12-36-24-18-21(28)17-22(29)19-24/h6-9,17-19,25H,3-5,10-16H2,1-2H3,(H,31,32). The van der Waals surface area contributed by atoms with Crippen LogP contribution in [0.15, 0.2) is 42.5 Å². The zero-order valence-electron chi connectivity index (χ0n) is 21.7. The van der Waals surface area contributed by atoms with E-state index in [0.29, 0.717) is 67.3 Å². The number of nitrogens with zero attached hydrogens (tertiary/aromatic N) is 1. The highest BCUT2D eigenvalue weighted by atomic mass is 35.5. The molecule has 210 valence electrons. The molecule has 2 aromatic carbocycles. The third-order valence-electron chi connectivity index (χ3n) is 5.32. The lowest BCUT2D eigenvalue weighted by Crippen LogP contribution is -2.36. The molecule has 0 spiro atoms. The van der Waals surface area contributed by atoms with Crippen molar-refractivity contribution in [2.45, 2.75) is 32.3 Å². The quantitative estimate of drug-likeness (QED) is 0.239. The summed E-state index contributed by atoms with van der Waals surface area (Å²) in [6.45, 7) is 4.04. The first kappa shape index (κ1) is 31.5. The molecule has 0 fully saturated rings. The van der Waals surface area contributed by atoms with Gasteiger partial charge in [-0.05, 0) is 55.7 Å². The van der Waals surface area contributed by atoms with Crippen molar-refractivity contribution in [1.82, 2.24) is 4.90 Å². The van der Waals surface area contributed by atoms with Crippen LogP contribution >= 0.6 is 23.2 Å². The first-order valence-electron chi connectivity index (χ1n) is 12.4. The summed E-state index contributed by atoms with van der Waals surface area (Å²) < 4.78 is 27.0. The van der Waals surface area contributed by atoms with Gasteiger partial charge in [0.15, 0.2) is 6.10 Å². The van der Waals surface area contributed by atoms with E-state index in [0.717, 1.165) is 5.56 Å². The summed E-state index contributed by atoms with van der Waals surface area (Å²) in [6, 6.07) is 12.2. The number of carbonyl (C=O) groups excluding carboxylic acids is 1. The van der Waals surface area contributed by atoms with E-state index in [1.54, 1.807) is 54.3 Å². The fourth-order valence-corrected chi connectivity index (χ4v) is 3.94. The van der Waals surface area contributed by atoms with Crippen LogP contribution in [0.3, 0.4) is 0 Å². The molecule has 0 aliphatic carbocycles. The first-order valence-corrected chi connectivity index (χ1v) is 13.1. The number of hydrogen-bond donors (Lipinski definition) is 1. The SMILES string of the molecule is CCOC(Cc1ccc(OCCN(CCCCOc2cc(Cl)cc(Cl)c2)C(=O)OCCOC)cc1)C(=O)O. The molecule has 0 radical (unpaired) electrons. The van der Waals surface area contributed by atoms with Crippen LogP contribution in [-0.4, -0.2) is 81.4 Å². The predicted octanol–water partition coefficient (Wildman–Crippen LogP) is 5.35. The van der Waals surface area contributed by atoms with E-state index in [9.17, 15) is 14.7 Å². The smallest absolute Gasteiger partial charge is 0.409 e. The van der Waals surface area contributed by atoms with Gasteiger partial charge >= 0.3 is 12.1 Å². The molecule has 0 aliphatic heterocycles. The maximum Gasteiger partial charge on any atom is 0.409 e. The topological polar surface area (TPSA) is 104 Å². The molecular weight excluding hydrogens is 537 g/mol. The largest absolute Gasteiger partial charge is 0.493 e. The molecule has 1 amide bonds. The van der Waals surface area contributed by atoms with E-state index < -0.39 is 18.2 Å². The van der Waals surface area contributed by atoms with Gasteiger partial charge in [-0.1, -0.05) is 35.3 Å². The number of rotatable bonds is 18. The Balaban J connectivity index is 1.82. The minimum absolute atomic E-state index is 0.159. The van der Waals surface area contributed by atoms with Crippen molar-refractivity contribution < 1.29 is 38.4 Å². The second kappa shape index (κ2) is 17.7. The van der Waals surface area contributed by atoms with Crippen LogP contribution in [0.2, 0.25) is 10.0 Å². The zero-order valence-corrected chi connectivity index (χ0v) is 23.2. The number of carboxylic acids is 1. The van der Waals surface area contributed by atoms with Gasteiger partial charge in [0.25, 0.3) is 0 Å². The van der Waals surface area contributed by atoms with Crippen molar-refractivity contribution in [1.29, 1.82) is 0 Å². The van der Waals surface area contributed by atoms with Gasteiger partial charge < -0.3 is 33.7 Å². The fraction of sp³-hybridized carbons (Fsp3) is 0.481. The van der Waals surface area contributed by atoms with Gasteiger partial charge in [-0.3, -0.25) is 0 Å². The van der Waals surface area contributed by atoms with E-state index in [4.69, 9.17) is 46.9 Å². The minimum atomic E-state index is -0.995. The third kappa shape index (κ3) is 12.2. The Morgan fingerprint density at radius 3 is 2.21 bits per heavy atom. The van der Waals surface area contributed by atoms with Gasteiger partial charge in [0.2, 0.25) is 0 Å². The van der Waals surface area contributed by atoms with Gasteiger partial charge in [0, 0.05) is 36.7 Å². The maximum atomic E-state index is 12.5. The summed E-state index contributed by atoms with van der Waals surface area (Å²) in [7, 11) is 1.54. The monoisotopic (exact) mass is 571 g/mol. The number of halogens is 2. The average Bonchev–Trinajstić information content (AvgIpc) is 2.87. The van der Waals surface area contributed by atoms with Gasteiger partial charge in [0.1, 0.15) is 24.7 Å². The highest BCUT2D eigenvalue weighted by molar-refractivity contribution is 6.34. The highest BCUT2D eigenvalue weighted by Crippen LogP contribution is 2.24. The molecule has 0 saturated carbocycles. The summed E-state index contributed by atoms with van der Waals surface area (Å²) in [5.74, 6) is 0.206. The number of hydrogen-bond acceptors (Lipinski definition) is 7. The van der Waals surface area contributed by atoms with Crippen LogP contribution < -0.4 is 9.47 Å². The Morgan fingerprint density at radius 2 is 1.58 bits per heavy atom. The number of ether oxygens (including phenoxy) is 5. The second-order valence-electron chi connectivity index (χ2n) is 8.23. The third-order valence-corrected chi connectivity index (χ3v) is 5.75. The maximum absolute atomic E-state index is 12.5. The Bertz CT molecular complexity index is 969. The van der Waals surface area contributed by atoms with Crippen molar-refractivity contribution in [2.75, 3.05) is 53.2 Å². The van der Waals surface area contributed by atoms with E-state index in [1.807, 2.05) is 0 Å². The van der Waals surface area contributed by atoms with Crippen LogP contribution in [0.4, 0.5) is 4.79 Å². The molecule has 2 aromatic rings. The molecule has 0 aromatic heterocycles. The normalized spacial score (nSPS) is 11.6. The first-order chi connectivity index (χ1) is 18.3. The van der Waals surface area contributed by atoms with Crippen molar-refractivity contribution in [3.05, 3.63) is 58.1 Å². The molecule has 1 N–H and O–H groups in total. The van der Waals surface area contributed by atoms with Crippen LogP contribution in [0.25, 0.3) is 0 Å². The van der Waals surface area contributed by atoms with Crippen molar-refractivity contribution in [2.24, 2.45) is 0 Å². The van der Waals surface area contributed by atoms with E-state index >= 15 is 0 Å². The van der Waals surface area contributed by atoms with Crippen LogP contribution in [0, 0.1) is 0 Å². The van der Waals surface area contributed by atoms with Gasteiger partial charge in [0.05, 0.1) is 19.8 Å². The van der Waals surface area contributed by atoms with Crippen molar-refractivity contribution in [3.8, 4) is 11.5 Å². The lowest BCUT2D eigenvalue weighted by molar-refractivity contribution is -0.149. The van der Waals surface area contributed by atoms with Gasteiger partial charge in [-0.15, -0.1) is 0 Å². The number of benzene rings is 2. The van der Waals surface area contributed by atoms with Crippen LogP contribution in [0.1, 0.15) is 25.3 Å². The molecule has 38 heavy (non-hydrogen) atoms. The van der Waals surface area contributed by atoms with E-state index in [-0.39, 0.29) is 19.6 Å². The summed E-state index contributed by atoms with van der Waals surface area (Å²) in [4.78, 5) is 25.4.